The summed E-state index contributed by atoms with van der Waals surface area (Å²) in [5, 5.41) is 0. The Morgan fingerprint density at radius 3 is 1.83 bits per heavy atom. The van der Waals surface area contributed by atoms with Gasteiger partial charge in [-0.25, -0.2) is 0 Å². The molecule has 1 aromatic rings. The Kier molecular flexibility index (Phi) is 1.62. The molecule has 6 heavy (non-hydrogen) atoms. The molecule has 0 radical (unpaired) electrons. The van der Waals surface area contributed by atoms with Gasteiger partial charge in [0.2, 0.25) is 0 Å². The van der Waals surface area contributed by atoms with Crippen molar-refractivity contribution in [2.24, 2.45) is 0 Å². The maximum atomic E-state index is 2.19. The molecule has 0 aliphatic carbocycles. The van der Waals surface area contributed by atoms with E-state index in [0.717, 1.165) is 0 Å². The third-order valence-electron chi connectivity index (χ3n) is 0.478. The molecule has 0 spiro atoms. The Hall–Kier alpha value is 0.0800. The summed E-state index contributed by atoms with van der Waals surface area (Å²) >= 11 is 0. The smallest absolute Gasteiger partial charge is 0.00719 e. The molecule has 30 valence electrons. The van der Waals surface area contributed by atoms with Crippen molar-refractivity contribution in [3.63, 3.8) is 0 Å². The number of hydrogen-bond acceptors (Lipinski definition) is 0. The van der Waals surface area contributed by atoms with Gasteiger partial charge < -0.3 is 0 Å². The zero-order valence-electron chi connectivity index (χ0n) is 3.20. The Bertz CT molecular complexity index is 77.5. The Morgan fingerprint density at radius 2 is 1.67 bits per heavy atom. The number of rotatable bonds is 0. The summed E-state index contributed by atoms with van der Waals surface area (Å²) in [6, 6.07) is 2.09. The van der Waals surface area contributed by atoms with Crippen LogP contribution in [0.15, 0.2) is 23.2 Å². The van der Waals surface area contributed by atoms with Crippen LogP contribution in [0.25, 0.3) is 0 Å². The van der Waals surface area contributed by atoms with Gasteiger partial charge >= 0.3 is 0 Å². The first-order valence-corrected chi connectivity index (χ1v) is 3.77. The Balaban J connectivity index is 3.00. The summed E-state index contributed by atoms with van der Waals surface area (Å²) in [4.78, 5) is 0. The lowest BCUT2D eigenvalue weighted by Crippen LogP contribution is -1.30. The second-order valence-electron chi connectivity index (χ2n) is 0.904. The molecule has 2 heteroatoms. The van der Waals surface area contributed by atoms with Crippen LogP contribution in [0.4, 0.5) is 0 Å². The van der Waals surface area contributed by atoms with E-state index in [1.807, 2.05) is 0 Å². The Labute approximate surface area is 40.4 Å². The largest absolute Gasteiger partial charge is 0.0715 e. The lowest BCUT2D eigenvalue weighted by atomic mass is 10.8. The van der Waals surface area contributed by atoms with Gasteiger partial charge in [0.25, 0.3) is 0 Å². The van der Waals surface area contributed by atoms with E-state index in [9.17, 15) is 0 Å². The molecule has 0 saturated carbocycles. The average Bonchev–Trinajstić information content (AvgIpc) is 1.72. The maximum absolute atomic E-state index is 2.19. The lowest BCUT2D eigenvalue weighted by molar-refractivity contribution is 2.10. The quantitative estimate of drug-likeness (QED) is 0.486. The molecule has 1 rings (SSSR count). The summed E-state index contributed by atoms with van der Waals surface area (Å²) in [5.74, 6) is 4.24. The van der Waals surface area contributed by atoms with E-state index in [0.29, 0.717) is 0 Å². The topological polar surface area (TPSA) is 0 Å². The molecule has 0 unspecified atom stereocenters. The van der Waals surface area contributed by atoms with Crippen LogP contribution in [0.2, 0.25) is 0 Å². The van der Waals surface area contributed by atoms with Gasteiger partial charge in [-0.3, -0.25) is 0 Å². The molecule has 0 N–H and O–H groups in total. The molecule has 0 aliphatic heterocycles. The van der Waals surface area contributed by atoms with Crippen LogP contribution in [0.1, 0.15) is 0 Å². The van der Waals surface area contributed by atoms with Crippen molar-refractivity contribution >= 4 is 16.4 Å². The highest BCUT2D eigenvalue weighted by atomic mass is 31.1. The predicted octanol–water partition coefficient (Wildman–Crippen LogP) is 2.85. The van der Waals surface area contributed by atoms with Crippen LogP contribution < -0.4 is 0 Å². The van der Waals surface area contributed by atoms with Gasteiger partial charge in [0, 0.05) is 0 Å². The standard InChI is InChI=1S/C4H4P2/c1-2-5-4-6-3-1/h1-4H. The van der Waals surface area contributed by atoms with Crippen molar-refractivity contribution < 1.29 is 0 Å². The second kappa shape index (κ2) is 2.29. The summed E-state index contributed by atoms with van der Waals surface area (Å²) in [7, 11) is 2.70. The highest BCUT2D eigenvalue weighted by Gasteiger charge is 1.59. The van der Waals surface area contributed by atoms with Crippen LogP contribution >= 0.6 is 16.4 Å². The van der Waals surface area contributed by atoms with E-state index < -0.39 is 0 Å². The van der Waals surface area contributed by atoms with Crippen molar-refractivity contribution in [1.82, 2.24) is 0 Å². The fraction of sp³-hybridized carbons (Fsp3) is 0. The first-order valence-electron chi connectivity index (χ1n) is 1.70. The highest BCUT2D eigenvalue weighted by molar-refractivity contribution is 7.43. The van der Waals surface area contributed by atoms with Crippen LogP contribution in [0, 0.1) is 0 Å². The van der Waals surface area contributed by atoms with Gasteiger partial charge in [0.15, 0.2) is 0 Å². The van der Waals surface area contributed by atoms with E-state index >= 15 is 0 Å². The molecule has 0 aromatic carbocycles. The lowest BCUT2D eigenvalue weighted by Gasteiger charge is -1.68. The third kappa shape index (κ3) is 1.05. The maximum Gasteiger partial charge on any atom is -0.00719 e. The van der Waals surface area contributed by atoms with Crippen LogP contribution in [0.5, 0.6) is 0 Å². The fourth-order valence-electron chi connectivity index (χ4n) is 0.253. The molecule has 0 atom stereocenters. The second-order valence-corrected chi connectivity index (χ2v) is 3.02. The van der Waals surface area contributed by atoms with Gasteiger partial charge in [-0.15, -0.1) is 0 Å². The van der Waals surface area contributed by atoms with Crippen molar-refractivity contribution in [3.05, 3.63) is 23.2 Å². The fourth-order valence-corrected chi connectivity index (χ4v) is 1.68. The van der Waals surface area contributed by atoms with E-state index in [4.69, 9.17) is 0 Å². The molecule has 0 bridgehead atoms. The molecule has 0 saturated heterocycles. The van der Waals surface area contributed by atoms with E-state index in [1.165, 1.54) is 16.4 Å². The van der Waals surface area contributed by atoms with E-state index in [2.05, 4.69) is 23.2 Å². The van der Waals surface area contributed by atoms with Gasteiger partial charge in [-0.05, 0) is 17.1 Å². The van der Waals surface area contributed by atoms with E-state index in [-0.39, 0.29) is 0 Å². The SMILES string of the molecule is c1cpcpc1. The third-order valence-corrected chi connectivity index (χ3v) is 2.23. The molecule has 0 nitrogen and oxygen atoms in total. The minimum Gasteiger partial charge on any atom is -0.0715 e. The van der Waals surface area contributed by atoms with Crippen molar-refractivity contribution in [2.75, 3.05) is 0 Å². The molecular weight excluding hydrogens is 110 g/mol. The molecule has 1 aromatic heterocycles. The minimum atomic E-state index is 1.35. The van der Waals surface area contributed by atoms with Crippen molar-refractivity contribution in [2.45, 2.75) is 0 Å². The monoisotopic (exact) mass is 114 g/mol. The minimum absolute atomic E-state index is 1.35. The molecule has 0 aliphatic rings. The van der Waals surface area contributed by atoms with Crippen LogP contribution in [0.3, 0.4) is 0 Å². The zero-order valence-corrected chi connectivity index (χ0v) is 4.99. The van der Waals surface area contributed by atoms with E-state index in [1.54, 1.807) is 0 Å². The summed E-state index contributed by atoms with van der Waals surface area (Å²) in [6.45, 7) is 0. The molecular formula is C4H4P2. The first-order chi connectivity index (χ1) is 3.00. The van der Waals surface area contributed by atoms with Crippen LogP contribution in [-0.4, -0.2) is 0 Å². The first kappa shape index (κ1) is 4.24. The van der Waals surface area contributed by atoms with Crippen LogP contribution in [-0.2, 0) is 0 Å². The number of hydrogen-bond donors (Lipinski definition) is 0. The highest BCUT2D eigenvalue weighted by Crippen LogP contribution is 2.09. The predicted molar refractivity (Wildman–Crippen MR) is 31.5 cm³/mol. The zero-order chi connectivity index (χ0) is 4.24. The van der Waals surface area contributed by atoms with Gasteiger partial charge in [0.05, 0.1) is 0 Å². The average molecular weight is 114 g/mol. The van der Waals surface area contributed by atoms with Crippen molar-refractivity contribution in [3.8, 4) is 0 Å². The van der Waals surface area contributed by atoms with Gasteiger partial charge in [-0.1, -0.05) is 22.5 Å². The summed E-state index contributed by atoms with van der Waals surface area (Å²) in [5.41, 5.74) is 2.19. The molecule has 1 heterocycles. The van der Waals surface area contributed by atoms with Gasteiger partial charge in [0.1, 0.15) is 0 Å². The normalized spacial score (nSPS) is 10.7. The summed E-state index contributed by atoms with van der Waals surface area (Å²) < 4.78 is 0. The van der Waals surface area contributed by atoms with Gasteiger partial charge in [-0.2, -0.15) is 0 Å². The molecule has 0 fully saturated rings. The molecule has 0 amide bonds. The summed E-state index contributed by atoms with van der Waals surface area (Å²) in [6.07, 6.45) is 0. The Morgan fingerprint density at radius 1 is 1.00 bits per heavy atom. The van der Waals surface area contributed by atoms with Crippen molar-refractivity contribution in [1.29, 1.82) is 0 Å².